The van der Waals surface area contributed by atoms with Gasteiger partial charge in [-0.25, -0.2) is 4.39 Å². The van der Waals surface area contributed by atoms with Gasteiger partial charge in [-0.3, -0.25) is 9.36 Å². The number of halogens is 1. The van der Waals surface area contributed by atoms with E-state index in [0.717, 1.165) is 23.3 Å². The van der Waals surface area contributed by atoms with Crippen molar-refractivity contribution in [2.24, 2.45) is 7.05 Å². The Kier molecular flexibility index (Phi) is 4.18. The molecule has 0 atom stereocenters. The molecule has 3 rings (SSSR count). The van der Waals surface area contributed by atoms with Crippen LogP contribution < -0.4 is 4.74 Å². The number of hydrogen-bond donors (Lipinski definition) is 0. The monoisotopic (exact) mass is 300 g/mol. The van der Waals surface area contributed by atoms with E-state index in [1.54, 1.807) is 27.7 Å². The van der Waals surface area contributed by atoms with E-state index in [4.69, 9.17) is 4.74 Å². The number of nitrogens with zero attached hydrogens (tertiary/aromatic N) is 4. The van der Waals surface area contributed by atoms with Crippen LogP contribution in [0.2, 0.25) is 0 Å². The predicted octanol–water partition coefficient (Wildman–Crippen LogP) is 2.43. The number of benzene rings is 1. The van der Waals surface area contributed by atoms with Crippen LogP contribution in [0.15, 0.2) is 49.1 Å². The van der Waals surface area contributed by atoms with Crippen LogP contribution >= 0.6 is 0 Å². The molecule has 0 saturated carbocycles. The van der Waals surface area contributed by atoms with Crippen molar-refractivity contribution in [1.82, 2.24) is 19.6 Å². The molecule has 114 valence electrons. The Morgan fingerprint density at radius 2 is 1.86 bits per heavy atom. The van der Waals surface area contributed by atoms with Crippen LogP contribution in [0.5, 0.6) is 5.75 Å². The predicted molar refractivity (Wildman–Crippen MR) is 80.1 cm³/mol. The molecular formula is C16H17FN4O. The average Bonchev–Trinajstić information content (AvgIpc) is 3.11. The third-order valence-corrected chi connectivity index (χ3v) is 3.29. The molecule has 0 unspecified atom stereocenters. The van der Waals surface area contributed by atoms with Gasteiger partial charge in [-0.15, -0.1) is 0 Å². The van der Waals surface area contributed by atoms with Crippen LogP contribution in [0, 0.1) is 5.82 Å². The van der Waals surface area contributed by atoms with Crippen molar-refractivity contribution in [3.63, 3.8) is 0 Å². The van der Waals surface area contributed by atoms with Crippen molar-refractivity contribution in [3.8, 4) is 5.75 Å². The minimum Gasteiger partial charge on any atom is -0.490 e. The van der Waals surface area contributed by atoms with Gasteiger partial charge in [0.25, 0.3) is 0 Å². The molecule has 0 N–H and O–H groups in total. The van der Waals surface area contributed by atoms with E-state index in [9.17, 15) is 4.39 Å². The van der Waals surface area contributed by atoms with Crippen molar-refractivity contribution in [2.45, 2.75) is 13.0 Å². The molecule has 2 aromatic heterocycles. The lowest BCUT2D eigenvalue weighted by atomic mass is 10.2. The minimum atomic E-state index is -0.233. The maximum absolute atomic E-state index is 12.9. The smallest absolute Gasteiger partial charge is 0.157 e. The Bertz CT molecular complexity index is 733. The Morgan fingerprint density at radius 1 is 1.05 bits per heavy atom. The topological polar surface area (TPSA) is 44.9 Å². The molecule has 0 saturated heterocycles. The van der Waals surface area contributed by atoms with E-state index >= 15 is 0 Å². The van der Waals surface area contributed by atoms with Crippen molar-refractivity contribution < 1.29 is 9.13 Å². The van der Waals surface area contributed by atoms with Gasteiger partial charge in [-0.1, -0.05) is 12.1 Å². The van der Waals surface area contributed by atoms with Gasteiger partial charge in [0, 0.05) is 19.7 Å². The summed E-state index contributed by atoms with van der Waals surface area (Å²) in [5.41, 5.74) is 2.13. The van der Waals surface area contributed by atoms with E-state index < -0.39 is 0 Å². The van der Waals surface area contributed by atoms with E-state index in [0.29, 0.717) is 13.2 Å². The fraction of sp³-hybridized carbons (Fsp3) is 0.250. The number of aromatic nitrogens is 4. The summed E-state index contributed by atoms with van der Waals surface area (Å²) in [5, 5.41) is 8.36. The number of ether oxygens (including phenoxy) is 1. The Balaban J connectivity index is 1.51. The van der Waals surface area contributed by atoms with Gasteiger partial charge >= 0.3 is 0 Å². The summed E-state index contributed by atoms with van der Waals surface area (Å²) in [6.45, 7) is 1.17. The Morgan fingerprint density at radius 3 is 2.59 bits per heavy atom. The number of hydrogen-bond acceptors (Lipinski definition) is 3. The van der Waals surface area contributed by atoms with Crippen molar-refractivity contribution in [1.29, 1.82) is 0 Å². The van der Waals surface area contributed by atoms with Crippen LogP contribution in [0.1, 0.15) is 11.1 Å². The zero-order chi connectivity index (χ0) is 15.4. The molecule has 1 aromatic carbocycles. The summed E-state index contributed by atoms with van der Waals surface area (Å²) in [7, 11) is 1.89. The molecule has 0 aliphatic carbocycles. The Labute approximate surface area is 127 Å². The fourth-order valence-corrected chi connectivity index (χ4v) is 2.17. The van der Waals surface area contributed by atoms with Crippen molar-refractivity contribution in [2.75, 3.05) is 6.61 Å². The molecule has 0 aliphatic rings. The highest BCUT2D eigenvalue weighted by Crippen LogP contribution is 2.11. The largest absolute Gasteiger partial charge is 0.490 e. The zero-order valence-corrected chi connectivity index (χ0v) is 12.3. The molecule has 0 radical (unpaired) electrons. The highest BCUT2D eigenvalue weighted by atomic mass is 19.1. The molecule has 3 aromatic rings. The molecule has 0 fully saturated rings. The van der Waals surface area contributed by atoms with Gasteiger partial charge in [0.15, 0.2) is 5.75 Å². The van der Waals surface area contributed by atoms with E-state index in [-0.39, 0.29) is 5.82 Å². The molecule has 0 spiro atoms. The molecule has 0 amide bonds. The second-order valence-electron chi connectivity index (χ2n) is 5.12. The maximum atomic E-state index is 12.9. The summed E-state index contributed by atoms with van der Waals surface area (Å²) in [6.07, 6.45) is 8.14. The molecule has 22 heavy (non-hydrogen) atoms. The third-order valence-electron chi connectivity index (χ3n) is 3.29. The molecule has 0 aliphatic heterocycles. The number of rotatable bonds is 6. The lowest BCUT2D eigenvalue weighted by Crippen LogP contribution is -2.01. The first kappa shape index (κ1) is 14.3. The SMILES string of the molecule is Cn1cc(CCOc2cnn(Cc3ccc(F)cc3)c2)cn1. The summed E-state index contributed by atoms with van der Waals surface area (Å²) >= 11 is 0. The second-order valence-corrected chi connectivity index (χ2v) is 5.12. The van der Waals surface area contributed by atoms with Gasteiger partial charge in [0.2, 0.25) is 0 Å². The standard InChI is InChI=1S/C16H17FN4O/c1-20-10-14(8-18-20)6-7-22-16-9-19-21(12-16)11-13-2-4-15(17)5-3-13/h2-5,8-10,12H,6-7,11H2,1H3. The first-order chi connectivity index (χ1) is 10.7. The highest BCUT2D eigenvalue weighted by molar-refractivity contribution is 5.18. The Hall–Kier alpha value is -2.63. The van der Waals surface area contributed by atoms with E-state index in [1.807, 2.05) is 25.6 Å². The molecule has 5 nitrogen and oxygen atoms in total. The third kappa shape index (κ3) is 3.72. The zero-order valence-electron chi connectivity index (χ0n) is 12.3. The molecular weight excluding hydrogens is 283 g/mol. The summed E-state index contributed by atoms with van der Waals surface area (Å²) in [6, 6.07) is 6.40. The van der Waals surface area contributed by atoms with Crippen LogP contribution in [-0.2, 0) is 20.0 Å². The van der Waals surface area contributed by atoms with Gasteiger partial charge in [-0.05, 0) is 23.3 Å². The molecule has 6 heteroatoms. The van der Waals surface area contributed by atoms with E-state index in [2.05, 4.69) is 10.2 Å². The lowest BCUT2D eigenvalue weighted by molar-refractivity contribution is 0.321. The molecule has 0 bridgehead atoms. The van der Waals surface area contributed by atoms with Crippen LogP contribution in [0.25, 0.3) is 0 Å². The van der Waals surface area contributed by atoms with E-state index in [1.165, 1.54) is 12.1 Å². The summed E-state index contributed by atoms with van der Waals surface area (Å²) in [4.78, 5) is 0. The second kappa shape index (κ2) is 6.43. The van der Waals surface area contributed by atoms with Crippen molar-refractivity contribution >= 4 is 0 Å². The molecule has 2 heterocycles. The first-order valence-corrected chi connectivity index (χ1v) is 7.06. The lowest BCUT2D eigenvalue weighted by Gasteiger charge is -2.02. The van der Waals surface area contributed by atoms with Crippen LogP contribution in [0.4, 0.5) is 4.39 Å². The average molecular weight is 300 g/mol. The summed E-state index contributed by atoms with van der Waals surface area (Å²) in [5.74, 6) is 0.495. The van der Waals surface area contributed by atoms with Gasteiger partial charge in [0.1, 0.15) is 5.82 Å². The van der Waals surface area contributed by atoms with Gasteiger partial charge in [0.05, 0.1) is 31.7 Å². The summed E-state index contributed by atoms with van der Waals surface area (Å²) < 4.78 is 22.1. The van der Waals surface area contributed by atoms with Crippen LogP contribution in [-0.4, -0.2) is 26.2 Å². The normalized spacial score (nSPS) is 10.8. The first-order valence-electron chi connectivity index (χ1n) is 7.06. The maximum Gasteiger partial charge on any atom is 0.157 e. The fourth-order valence-electron chi connectivity index (χ4n) is 2.17. The minimum absolute atomic E-state index is 0.233. The highest BCUT2D eigenvalue weighted by Gasteiger charge is 2.02. The quantitative estimate of drug-likeness (QED) is 0.702. The van der Waals surface area contributed by atoms with Crippen LogP contribution in [0.3, 0.4) is 0 Å². The van der Waals surface area contributed by atoms with Gasteiger partial charge in [-0.2, -0.15) is 10.2 Å². The van der Waals surface area contributed by atoms with Crippen molar-refractivity contribution in [3.05, 3.63) is 66.0 Å². The van der Waals surface area contributed by atoms with Gasteiger partial charge < -0.3 is 4.74 Å². The number of aryl methyl sites for hydroxylation is 1.